The number of benzene rings is 1. The molecule has 7 heteroatoms. The fourth-order valence-corrected chi connectivity index (χ4v) is 1.86. The summed E-state index contributed by atoms with van der Waals surface area (Å²) in [6, 6.07) is 7.78. The van der Waals surface area contributed by atoms with Gasteiger partial charge in [-0.25, -0.2) is 4.98 Å². The third kappa shape index (κ3) is 4.32. The summed E-state index contributed by atoms with van der Waals surface area (Å²) in [6.07, 6.45) is -1.47. The molecule has 0 atom stereocenters. The van der Waals surface area contributed by atoms with Gasteiger partial charge in [0, 0.05) is 18.4 Å². The summed E-state index contributed by atoms with van der Waals surface area (Å²) in [5.41, 5.74) is -0.362. The minimum atomic E-state index is -4.44. The van der Waals surface area contributed by atoms with Gasteiger partial charge in [0.05, 0.1) is 11.1 Å². The highest BCUT2D eigenvalue weighted by Gasteiger charge is 2.30. The van der Waals surface area contributed by atoms with Crippen LogP contribution in [0.1, 0.15) is 15.9 Å². The number of carbonyl (C=O) groups excluding carboxylic acids is 1. The molecule has 2 rings (SSSR count). The van der Waals surface area contributed by atoms with Gasteiger partial charge >= 0.3 is 6.18 Å². The molecule has 0 aliphatic rings. The summed E-state index contributed by atoms with van der Waals surface area (Å²) in [7, 11) is 0. The van der Waals surface area contributed by atoms with E-state index in [0.29, 0.717) is 0 Å². The Morgan fingerprint density at radius 3 is 2.74 bits per heavy atom. The number of rotatable bonds is 5. The Balaban J connectivity index is 2.27. The van der Waals surface area contributed by atoms with Crippen molar-refractivity contribution >= 4 is 17.4 Å². The molecule has 1 aromatic carbocycles. The molecule has 0 unspecified atom stereocenters. The molecule has 0 radical (unpaired) electrons. The normalized spacial score (nSPS) is 10.9. The van der Waals surface area contributed by atoms with Gasteiger partial charge in [-0.1, -0.05) is 12.1 Å². The van der Waals surface area contributed by atoms with Crippen molar-refractivity contribution in [1.82, 2.24) is 10.3 Å². The number of hydrogen-bond acceptors (Lipinski definition) is 3. The SMILES string of the molecule is C=CCNC(=O)c1cccnc1Nc1cccc(C(F)(F)F)c1. The highest BCUT2D eigenvalue weighted by Crippen LogP contribution is 2.31. The van der Waals surface area contributed by atoms with Crippen molar-refractivity contribution in [3.05, 3.63) is 66.4 Å². The van der Waals surface area contributed by atoms with Crippen LogP contribution in [0.25, 0.3) is 0 Å². The lowest BCUT2D eigenvalue weighted by atomic mass is 10.2. The zero-order valence-electron chi connectivity index (χ0n) is 12.0. The van der Waals surface area contributed by atoms with E-state index >= 15 is 0 Å². The summed E-state index contributed by atoms with van der Waals surface area (Å²) in [5, 5.41) is 5.34. The van der Waals surface area contributed by atoms with Crippen molar-refractivity contribution in [2.45, 2.75) is 6.18 Å². The lowest BCUT2D eigenvalue weighted by Gasteiger charge is -2.12. The first kappa shape index (κ1) is 16.5. The summed E-state index contributed by atoms with van der Waals surface area (Å²) in [5.74, 6) is -0.221. The van der Waals surface area contributed by atoms with Crippen LogP contribution in [0.15, 0.2) is 55.3 Å². The van der Waals surface area contributed by atoms with Crippen LogP contribution in [-0.2, 0) is 6.18 Å². The van der Waals surface area contributed by atoms with E-state index in [4.69, 9.17) is 0 Å². The highest BCUT2D eigenvalue weighted by atomic mass is 19.4. The molecule has 1 heterocycles. The molecule has 0 aliphatic carbocycles. The number of aromatic nitrogens is 1. The first-order valence-electron chi connectivity index (χ1n) is 6.70. The lowest BCUT2D eigenvalue weighted by molar-refractivity contribution is -0.137. The standard InChI is InChI=1S/C16H14F3N3O/c1-2-8-21-15(23)13-7-4-9-20-14(13)22-12-6-3-5-11(10-12)16(17,18)19/h2-7,9-10H,1,8H2,(H,20,22)(H,21,23). The quantitative estimate of drug-likeness (QED) is 0.825. The van der Waals surface area contributed by atoms with Gasteiger partial charge in [0.2, 0.25) is 0 Å². The number of pyridine rings is 1. The van der Waals surface area contributed by atoms with Crippen LogP contribution in [-0.4, -0.2) is 17.4 Å². The second kappa shape index (κ2) is 6.95. The minimum absolute atomic E-state index is 0.174. The number of alkyl halides is 3. The zero-order valence-corrected chi connectivity index (χ0v) is 12.0. The van der Waals surface area contributed by atoms with E-state index in [9.17, 15) is 18.0 Å². The van der Waals surface area contributed by atoms with E-state index in [-0.39, 0.29) is 23.6 Å². The van der Waals surface area contributed by atoms with Gasteiger partial charge in [-0.05, 0) is 30.3 Å². The van der Waals surface area contributed by atoms with E-state index in [2.05, 4.69) is 22.2 Å². The maximum Gasteiger partial charge on any atom is 0.416 e. The topological polar surface area (TPSA) is 54.0 Å². The first-order valence-corrected chi connectivity index (χ1v) is 6.70. The van der Waals surface area contributed by atoms with Crippen molar-refractivity contribution in [2.75, 3.05) is 11.9 Å². The van der Waals surface area contributed by atoms with Gasteiger partial charge < -0.3 is 10.6 Å². The molecule has 2 aromatic rings. The Bertz CT molecular complexity index is 714. The number of amides is 1. The molecule has 23 heavy (non-hydrogen) atoms. The van der Waals surface area contributed by atoms with E-state index < -0.39 is 17.6 Å². The molecule has 0 saturated carbocycles. The van der Waals surface area contributed by atoms with Gasteiger partial charge in [-0.2, -0.15) is 13.2 Å². The van der Waals surface area contributed by atoms with Crippen LogP contribution in [0.3, 0.4) is 0 Å². The van der Waals surface area contributed by atoms with Gasteiger partial charge in [0.15, 0.2) is 0 Å². The van der Waals surface area contributed by atoms with Crippen LogP contribution in [0.4, 0.5) is 24.7 Å². The second-order valence-electron chi connectivity index (χ2n) is 4.60. The molecule has 0 bridgehead atoms. The predicted octanol–water partition coefficient (Wildman–Crippen LogP) is 3.76. The average molecular weight is 321 g/mol. The average Bonchev–Trinajstić information content (AvgIpc) is 2.52. The number of anilines is 2. The Labute approximate surface area is 131 Å². The molecule has 2 N–H and O–H groups in total. The molecule has 120 valence electrons. The van der Waals surface area contributed by atoms with Gasteiger partial charge in [-0.15, -0.1) is 6.58 Å². The van der Waals surface area contributed by atoms with Crippen molar-refractivity contribution in [3.8, 4) is 0 Å². The molecular formula is C16H14F3N3O. The molecule has 0 saturated heterocycles. The van der Waals surface area contributed by atoms with Crippen LogP contribution in [0, 0.1) is 0 Å². The van der Waals surface area contributed by atoms with Crippen LogP contribution >= 0.6 is 0 Å². The van der Waals surface area contributed by atoms with Crippen LogP contribution in [0.5, 0.6) is 0 Å². The van der Waals surface area contributed by atoms with E-state index in [0.717, 1.165) is 12.1 Å². The number of nitrogens with one attached hydrogen (secondary N) is 2. The smallest absolute Gasteiger partial charge is 0.348 e. The Morgan fingerprint density at radius 1 is 1.26 bits per heavy atom. The van der Waals surface area contributed by atoms with Crippen LogP contribution in [0.2, 0.25) is 0 Å². The van der Waals surface area contributed by atoms with E-state index in [1.807, 2.05) is 0 Å². The van der Waals surface area contributed by atoms with Crippen molar-refractivity contribution in [1.29, 1.82) is 0 Å². The lowest BCUT2D eigenvalue weighted by Crippen LogP contribution is -2.24. The summed E-state index contributed by atoms with van der Waals surface area (Å²) in [4.78, 5) is 16.0. The maximum atomic E-state index is 12.7. The number of carbonyl (C=O) groups is 1. The third-order valence-electron chi connectivity index (χ3n) is 2.91. The van der Waals surface area contributed by atoms with Crippen molar-refractivity contribution in [2.24, 2.45) is 0 Å². The third-order valence-corrected chi connectivity index (χ3v) is 2.91. The largest absolute Gasteiger partial charge is 0.416 e. The molecule has 0 aliphatic heterocycles. The Morgan fingerprint density at radius 2 is 2.04 bits per heavy atom. The Hall–Kier alpha value is -2.83. The van der Waals surface area contributed by atoms with Gasteiger partial charge in [-0.3, -0.25) is 4.79 Å². The summed E-state index contributed by atoms with van der Waals surface area (Å²) in [6.45, 7) is 3.77. The van der Waals surface area contributed by atoms with Gasteiger partial charge in [0.25, 0.3) is 5.91 Å². The predicted molar refractivity (Wildman–Crippen MR) is 81.5 cm³/mol. The van der Waals surface area contributed by atoms with Crippen LogP contribution < -0.4 is 10.6 Å². The van der Waals surface area contributed by atoms with Crippen molar-refractivity contribution < 1.29 is 18.0 Å². The molecule has 1 aromatic heterocycles. The molecule has 1 amide bonds. The summed E-state index contributed by atoms with van der Waals surface area (Å²) < 4.78 is 38.2. The van der Waals surface area contributed by atoms with E-state index in [1.54, 1.807) is 6.07 Å². The minimum Gasteiger partial charge on any atom is -0.348 e. The molecular weight excluding hydrogens is 307 g/mol. The molecule has 4 nitrogen and oxygen atoms in total. The highest BCUT2D eigenvalue weighted by molar-refractivity contribution is 5.99. The van der Waals surface area contributed by atoms with Gasteiger partial charge in [0.1, 0.15) is 5.82 Å². The zero-order chi connectivity index (χ0) is 16.9. The maximum absolute atomic E-state index is 12.7. The fraction of sp³-hybridized carbons (Fsp3) is 0.125. The summed E-state index contributed by atoms with van der Waals surface area (Å²) >= 11 is 0. The fourth-order valence-electron chi connectivity index (χ4n) is 1.86. The monoisotopic (exact) mass is 321 g/mol. The number of hydrogen-bond donors (Lipinski definition) is 2. The number of halogens is 3. The number of nitrogens with zero attached hydrogens (tertiary/aromatic N) is 1. The van der Waals surface area contributed by atoms with Crippen molar-refractivity contribution in [3.63, 3.8) is 0 Å². The Kier molecular flexibility index (Phi) is 5.00. The molecule has 0 fully saturated rings. The van der Waals surface area contributed by atoms with E-state index in [1.165, 1.54) is 30.5 Å². The molecule has 0 spiro atoms. The second-order valence-corrected chi connectivity index (χ2v) is 4.60. The first-order chi connectivity index (χ1) is 10.9.